The zero-order chi connectivity index (χ0) is 22.6. The number of nitrogens with zero attached hydrogens (tertiary/aromatic N) is 4. The first-order valence-corrected chi connectivity index (χ1v) is 12.4. The summed E-state index contributed by atoms with van der Waals surface area (Å²) >= 11 is 0. The molecule has 0 radical (unpaired) electrons. The summed E-state index contributed by atoms with van der Waals surface area (Å²) in [4.78, 5) is 17.0. The Kier molecular flexibility index (Phi) is 4.82. The molecule has 2 fully saturated rings. The summed E-state index contributed by atoms with van der Waals surface area (Å²) in [5.74, 6) is 2.15. The van der Waals surface area contributed by atoms with Crippen molar-refractivity contribution in [3.63, 3.8) is 0 Å². The molecule has 4 aliphatic rings. The number of carbonyl (C=O) groups is 1. The van der Waals surface area contributed by atoms with Crippen molar-refractivity contribution < 1.29 is 4.79 Å². The fourth-order valence-corrected chi connectivity index (χ4v) is 7.82. The summed E-state index contributed by atoms with van der Waals surface area (Å²) in [6.45, 7) is 5.01. The Hall–Kier alpha value is -2.76. The van der Waals surface area contributed by atoms with Crippen LogP contribution >= 0.6 is 0 Å². The van der Waals surface area contributed by atoms with Crippen LogP contribution in [0.5, 0.6) is 0 Å². The molecule has 0 bridgehead atoms. The predicted molar refractivity (Wildman–Crippen MR) is 127 cm³/mol. The van der Waals surface area contributed by atoms with E-state index in [9.17, 15) is 4.79 Å². The molecule has 6 heteroatoms. The number of rotatable bonds is 3. The van der Waals surface area contributed by atoms with Crippen LogP contribution in [-0.2, 0) is 0 Å². The molecule has 1 amide bonds. The molecule has 6 atom stereocenters. The van der Waals surface area contributed by atoms with Crippen LogP contribution in [0.4, 0.5) is 0 Å². The Morgan fingerprint density at radius 2 is 1.94 bits per heavy atom. The third-order valence-electron chi connectivity index (χ3n) is 9.61. The normalized spacial score (nSPS) is 37.3. The summed E-state index contributed by atoms with van der Waals surface area (Å²) in [7, 11) is 0. The quantitative estimate of drug-likeness (QED) is 0.686. The number of nitrogens with one attached hydrogen (secondary N) is 1. The highest BCUT2D eigenvalue weighted by molar-refractivity contribution is 5.93. The second-order valence-corrected chi connectivity index (χ2v) is 11.1. The lowest BCUT2D eigenvalue weighted by Gasteiger charge is -2.58. The van der Waals surface area contributed by atoms with Crippen LogP contribution in [0.1, 0.15) is 69.2 Å². The van der Waals surface area contributed by atoms with E-state index in [2.05, 4.69) is 57.3 Å². The van der Waals surface area contributed by atoms with Crippen molar-refractivity contribution in [2.75, 3.05) is 0 Å². The van der Waals surface area contributed by atoms with Crippen LogP contribution in [0, 0.1) is 28.6 Å². The van der Waals surface area contributed by atoms with E-state index < -0.39 is 0 Å². The van der Waals surface area contributed by atoms with E-state index in [0.717, 1.165) is 31.1 Å². The van der Waals surface area contributed by atoms with E-state index in [1.54, 1.807) is 24.0 Å². The molecule has 0 aliphatic heterocycles. The highest BCUT2D eigenvalue weighted by Gasteiger charge is 2.57. The molecule has 0 spiro atoms. The van der Waals surface area contributed by atoms with Gasteiger partial charge in [0.15, 0.2) is 0 Å². The number of amides is 1. The lowest BCUT2D eigenvalue weighted by Crippen LogP contribution is -2.51. The van der Waals surface area contributed by atoms with Gasteiger partial charge in [-0.3, -0.25) is 4.79 Å². The van der Waals surface area contributed by atoms with E-state index in [1.165, 1.54) is 31.4 Å². The van der Waals surface area contributed by atoms with Crippen LogP contribution < -0.4 is 5.32 Å². The van der Waals surface area contributed by atoms with Gasteiger partial charge in [-0.25, -0.2) is 4.98 Å². The first kappa shape index (κ1) is 20.8. The maximum absolute atomic E-state index is 12.7. The van der Waals surface area contributed by atoms with Gasteiger partial charge in [-0.2, -0.15) is 10.2 Å². The van der Waals surface area contributed by atoms with Gasteiger partial charge >= 0.3 is 0 Å². The second kappa shape index (κ2) is 7.64. The predicted octanol–water partition coefficient (Wildman–Crippen LogP) is 4.89. The monoisotopic (exact) mass is 443 g/mol. The van der Waals surface area contributed by atoms with Crippen LogP contribution in [0.3, 0.4) is 0 Å². The molecule has 1 N–H and O–H groups in total. The van der Waals surface area contributed by atoms with Gasteiger partial charge < -0.3 is 9.88 Å². The van der Waals surface area contributed by atoms with Gasteiger partial charge in [0, 0.05) is 29.5 Å². The van der Waals surface area contributed by atoms with Crippen molar-refractivity contribution in [1.82, 2.24) is 25.1 Å². The molecule has 4 aliphatic carbocycles. The second-order valence-electron chi connectivity index (χ2n) is 11.1. The molecule has 0 unspecified atom stereocenters. The fourth-order valence-electron chi connectivity index (χ4n) is 7.82. The first-order chi connectivity index (χ1) is 16.0. The number of hydrogen-bond donors (Lipinski definition) is 1. The third kappa shape index (κ3) is 3.21. The average Bonchev–Trinajstić information content (AvgIpc) is 3.47. The number of imidazole rings is 1. The minimum Gasteiger partial charge on any atom is -0.349 e. The highest BCUT2D eigenvalue weighted by atomic mass is 16.1. The van der Waals surface area contributed by atoms with Gasteiger partial charge in [-0.1, -0.05) is 31.6 Å². The topological polar surface area (TPSA) is 72.7 Å². The van der Waals surface area contributed by atoms with Gasteiger partial charge in [-0.05, 0) is 74.2 Å². The van der Waals surface area contributed by atoms with Gasteiger partial charge in [0.2, 0.25) is 0 Å². The van der Waals surface area contributed by atoms with Crippen molar-refractivity contribution in [3.05, 3.63) is 60.5 Å². The molecular weight excluding hydrogens is 410 g/mol. The van der Waals surface area contributed by atoms with Crippen molar-refractivity contribution in [2.24, 2.45) is 28.6 Å². The van der Waals surface area contributed by atoms with Crippen molar-refractivity contribution in [2.45, 2.75) is 64.8 Å². The zero-order valence-electron chi connectivity index (χ0n) is 19.6. The molecule has 2 aromatic heterocycles. The maximum Gasteiger partial charge on any atom is 0.253 e. The summed E-state index contributed by atoms with van der Waals surface area (Å²) in [5.41, 5.74) is 4.14. The van der Waals surface area contributed by atoms with Gasteiger partial charge in [0.25, 0.3) is 5.91 Å². The van der Waals surface area contributed by atoms with Crippen LogP contribution in [0.15, 0.2) is 54.9 Å². The molecule has 2 heterocycles. The largest absolute Gasteiger partial charge is 0.349 e. The molecule has 6 rings (SSSR count). The minimum absolute atomic E-state index is 0.0368. The Bertz CT molecular complexity index is 1110. The van der Waals surface area contributed by atoms with Gasteiger partial charge in [0.05, 0.1) is 24.3 Å². The van der Waals surface area contributed by atoms with Gasteiger partial charge in [0.1, 0.15) is 0 Å². The Morgan fingerprint density at radius 1 is 1.06 bits per heavy atom. The van der Waals surface area contributed by atoms with E-state index in [1.807, 2.05) is 12.5 Å². The highest BCUT2D eigenvalue weighted by Crippen LogP contribution is 2.65. The Balaban J connectivity index is 1.20. The van der Waals surface area contributed by atoms with Crippen LogP contribution in [0.25, 0.3) is 5.70 Å². The zero-order valence-corrected chi connectivity index (χ0v) is 19.6. The summed E-state index contributed by atoms with van der Waals surface area (Å²) in [6.07, 6.45) is 22.2. The van der Waals surface area contributed by atoms with Crippen molar-refractivity contribution >= 4 is 11.6 Å². The van der Waals surface area contributed by atoms with Crippen molar-refractivity contribution in [1.29, 1.82) is 0 Å². The molecule has 2 saturated carbocycles. The molecule has 2 aromatic rings. The molecule has 0 saturated heterocycles. The number of aromatic nitrogens is 4. The molecule has 33 heavy (non-hydrogen) atoms. The molecule has 0 aromatic carbocycles. The summed E-state index contributed by atoms with van der Waals surface area (Å²) < 4.78 is 2.25. The lowest BCUT2D eigenvalue weighted by atomic mass is 9.47. The van der Waals surface area contributed by atoms with E-state index in [-0.39, 0.29) is 22.8 Å². The lowest BCUT2D eigenvalue weighted by molar-refractivity contribution is -0.0137. The van der Waals surface area contributed by atoms with Crippen LogP contribution in [-0.4, -0.2) is 31.7 Å². The van der Waals surface area contributed by atoms with E-state index in [4.69, 9.17) is 0 Å². The molecule has 6 nitrogen and oxygen atoms in total. The standard InChI is InChI=1S/C27H33N5O/c1-26-10-7-20(31-25(33)18-9-12-29-30-16-18)15-19(26)3-4-21-22-5-6-24(32-14-13-28-17-32)27(22,2)11-8-23(21)26/h3,6,9,12-14,16-17,20-23H,4-5,7-8,10-11,15H2,1-2H3,(H,31,33)/t20-,21-,22-,23-,26-,27-/m0/s1. The maximum atomic E-state index is 12.7. The molecular formula is C27H33N5O. The first-order valence-electron chi connectivity index (χ1n) is 12.4. The smallest absolute Gasteiger partial charge is 0.253 e. The van der Waals surface area contributed by atoms with Gasteiger partial charge in [-0.15, -0.1) is 0 Å². The molecule has 172 valence electrons. The third-order valence-corrected chi connectivity index (χ3v) is 9.61. The Labute approximate surface area is 195 Å². The number of carbonyl (C=O) groups excluding carboxylic acids is 1. The minimum atomic E-state index is -0.0368. The summed E-state index contributed by atoms with van der Waals surface area (Å²) in [6, 6.07) is 1.93. The Morgan fingerprint density at radius 3 is 2.73 bits per heavy atom. The van der Waals surface area contributed by atoms with Crippen LogP contribution in [0.2, 0.25) is 0 Å². The van der Waals surface area contributed by atoms with E-state index in [0.29, 0.717) is 11.5 Å². The number of hydrogen-bond acceptors (Lipinski definition) is 4. The number of fused-ring (bicyclic) bond motifs is 5. The SMILES string of the molecule is C[C@]12CC[C@H](NC(=O)c3ccnnc3)CC1=CC[C@@H]1[C@@H]2CC[C@]2(C)C(n3ccnc3)=CC[C@@H]12. The van der Waals surface area contributed by atoms with E-state index >= 15 is 0 Å². The fraction of sp³-hybridized carbons (Fsp3) is 0.556. The average molecular weight is 444 g/mol. The van der Waals surface area contributed by atoms with Crippen molar-refractivity contribution in [3.8, 4) is 0 Å². The summed E-state index contributed by atoms with van der Waals surface area (Å²) in [5, 5.41) is 10.9. The number of allylic oxidation sites excluding steroid dienone is 3.